The van der Waals surface area contributed by atoms with Gasteiger partial charge in [0.25, 0.3) is 0 Å². The summed E-state index contributed by atoms with van der Waals surface area (Å²) in [6.07, 6.45) is 12.1. The Morgan fingerprint density at radius 2 is 1.94 bits per heavy atom. The van der Waals surface area contributed by atoms with Gasteiger partial charge in [0.1, 0.15) is 35.2 Å². The molecule has 48 heavy (non-hydrogen) atoms. The SMILES string of the molecule is C#Cc1c(F)ccc2cc(O)cc(-c3ncc4c(N5C[C@H]6CC[C@@H](C5)N6)nc(OCC56CCCN5CCN(S(C)(=O)=O)C6)nc4c3F)c12. The maximum Gasteiger partial charge on any atom is 0.319 e. The fourth-order valence-electron chi connectivity index (χ4n) is 8.09. The van der Waals surface area contributed by atoms with Crippen LogP contribution in [-0.2, 0) is 10.0 Å². The third kappa shape index (κ3) is 5.20. The summed E-state index contributed by atoms with van der Waals surface area (Å²) in [6, 6.07) is 5.93. The monoisotopic (exact) mass is 675 g/mol. The molecule has 0 saturated carbocycles. The second kappa shape index (κ2) is 11.5. The van der Waals surface area contributed by atoms with E-state index >= 15 is 4.39 Å². The summed E-state index contributed by atoms with van der Waals surface area (Å²) in [5.41, 5.74) is -0.695. The van der Waals surface area contributed by atoms with Gasteiger partial charge in [-0.1, -0.05) is 12.0 Å². The number of sulfonamides is 1. The highest BCUT2D eigenvalue weighted by molar-refractivity contribution is 7.88. The van der Waals surface area contributed by atoms with Crippen LogP contribution in [0.1, 0.15) is 31.2 Å². The summed E-state index contributed by atoms with van der Waals surface area (Å²) >= 11 is 0. The number of piperazine rings is 2. The summed E-state index contributed by atoms with van der Waals surface area (Å²) < 4.78 is 64.6. The molecule has 0 aliphatic carbocycles. The van der Waals surface area contributed by atoms with Crippen molar-refractivity contribution in [2.24, 2.45) is 0 Å². The van der Waals surface area contributed by atoms with Crippen LogP contribution in [0.3, 0.4) is 0 Å². The molecular weight excluding hydrogens is 640 g/mol. The molecule has 250 valence electrons. The van der Waals surface area contributed by atoms with Crippen molar-refractivity contribution in [1.29, 1.82) is 0 Å². The first-order chi connectivity index (χ1) is 23.0. The van der Waals surface area contributed by atoms with Gasteiger partial charge in [0.2, 0.25) is 10.0 Å². The number of benzene rings is 2. The molecule has 4 aliphatic rings. The van der Waals surface area contributed by atoms with Crippen molar-refractivity contribution in [3.8, 4) is 35.4 Å². The first-order valence-electron chi connectivity index (χ1n) is 16.2. The average molecular weight is 676 g/mol. The van der Waals surface area contributed by atoms with Crippen LogP contribution >= 0.6 is 0 Å². The van der Waals surface area contributed by atoms with Crippen LogP contribution in [0.4, 0.5) is 14.6 Å². The van der Waals surface area contributed by atoms with Crippen LogP contribution < -0.4 is 15.0 Å². The van der Waals surface area contributed by atoms with Gasteiger partial charge in [-0.15, -0.1) is 6.42 Å². The van der Waals surface area contributed by atoms with E-state index in [-0.39, 0.29) is 64.7 Å². The Morgan fingerprint density at radius 3 is 2.69 bits per heavy atom. The maximum absolute atomic E-state index is 16.9. The number of ether oxygens (including phenoxy) is 1. The lowest BCUT2D eigenvalue weighted by Gasteiger charge is -2.45. The van der Waals surface area contributed by atoms with Crippen molar-refractivity contribution in [2.75, 3.05) is 57.0 Å². The van der Waals surface area contributed by atoms with E-state index in [2.05, 4.69) is 31.0 Å². The van der Waals surface area contributed by atoms with Crippen LogP contribution in [-0.4, -0.2) is 107 Å². The molecule has 0 spiro atoms. The van der Waals surface area contributed by atoms with Crippen LogP contribution in [0, 0.1) is 24.0 Å². The van der Waals surface area contributed by atoms with E-state index < -0.39 is 27.2 Å². The number of fused-ring (bicyclic) bond motifs is 5. The van der Waals surface area contributed by atoms with E-state index in [9.17, 15) is 17.9 Å². The minimum Gasteiger partial charge on any atom is -0.508 e. The molecule has 8 rings (SSSR count). The molecule has 14 heteroatoms. The van der Waals surface area contributed by atoms with E-state index in [0.29, 0.717) is 42.8 Å². The number of anilines is 1. The lowest BCUT2D eigenvalue weighted by molar-refractivity contribution is 0.0227. The summed E-state index contributed by atoms with van der Waals surface area (Å²) in [4.78, 5) is 18.3. The molecule has 2 N–H and O–H groups in total. The molecule has 0 amide bonds. The number of pyridine rings is 1. The van der Waals surface area contributed by atoms with Crippen LogP contribution in [0.15, 0.2) is 30.5 Å². The smallest absolute Gasteiger partial charge is 0.319 e. The number of hydrogen-bond donors (Lipinski definition) is 2. The average Bonchev–Trinajstić information content (AvgIpc) is 3.64. The number of phenols is 1. The van der Waals surface area contributed by atoms with Gasteiger partial charge < -0.3 is 20.1 Å². The summed E-state index contributed by atoms with van der Waals surface area (Å²) in [5, 5.41) is 15.2. The number of aromatic nitrogens is 3. The van der Waals surface area contributed by atoms with Gasteiger partial charge in [-0.25, -0.2) is 17.2 Å². The predicted octanol–water partition coefficient (Wildman–Crippen LogP) is 3.24. The molecule has 6 heterocycles. The number of nitrogens with zero attached hydrogens (tertiary/aromatic N) is 6. The lowest BCUT2D eigenvalue weighted by Crippen LogP contribution is -2.62. The summed E-state index contributed by atoms with van der Waals surface area (Å²) in [6.45, 7) is 3.57. The second-order valence-electron chi connectivity index (χ2n) is 13.4. The molecule has 4 saturated heterocycles. The summed E-state index contributed by atoms with van der Waals surface area (Å²) in [5.74, 6) is 1.26. The van der Waals surface area contributed by atoms with Crippen molar-refractivity contribution in [2.45, 2.75) is 43.3 Å². The van der Waals surface area contributed by atoms with Crippen LogP contribution in [0.2, 0.25) is 0 Å². The Kier molecular flexibility index (Phi) is 7.44. The highest BCUT2D eigenvalue weighted by Crippen LogP contribution is 2.40. The van der Waals surface area contributed by atoms with Crippen molar-refractivity contribution in [3.63, 3.8) is 0 Å². The molecule has 4 fully saturated rings. The lowest BCUT2D eigenvalue weighted by atomic mass is 9.95. The van der Waals surface area contributed by atoms with Gasteiger partial charge >= 0.3 is 6.01 Å². The topological polar surface area (TPSA) is 124 Å². The first kappa shape index (κ1) is 31.1. The molecule has 2 aromatic heterocycles. The Balaban J connectivity index is 1.25. The Morgan fingerprint density at radius 1 is 1.15 bits per heavy atom. The second-order valence-corrected chi connectivity index (χ2v) is 15.4. The molecule has 11 nitrogen and oxygen atoms in total. The molecular formula is C34H35F2N7O4S. The molecule has 0 radical (unpaired) electrons. The van der Waals surface area contributed by atoms with Crippen molar-refractivity contribution >= 4 is 37.5 Å². The number of aromatic hydroxyl groups is 1. The van der Waals surface area contributed by atoms with Crippen molar-refractivity contribution in [3.05, 3.63) is 47.7 Å². The minimum atomic E-state index is -3.41. The summed E-state index contributed by atoms with van der Waals surface area (Å²) in [7, 11) is -3.41. The largest absolute Gasteiger partial charge is 0.508 e. The molecule has 1 unspecified atom stereocenters. The predicted molar refractivity (Wildman–Crippen MR) is 177 cm³/mol. The molecule has 4 aliphatic heterocycles. The molecule has 4 aromatic rings. The first-order valence-corrected chi connectivity index (χ1v) is 18.0. The van der Waals surface area contributed by atoms with Gasteiger partial charge in [-0.05, 0) is 55.8 Å². The van der Waals surface area contributed by atoms with E-state index in [0.717, 1.165) is 32.2 Å². The standard InChI is InChI=1S/C34H35F2N7O4S/c1-3-24-27(35)8-5-20-13-23(44)14-25(28(20)24)30-29(36)31-26(15-37-30)32(41-16-21-6-7-22(17-41)38-21)40-33(39-31)47-19-34-9-4-10-42(34)11-12-43(18-34)48(2,45)46/h1,5,8,13-15,21-22,38,44H,4,6-7,9-12,16-19H2,2H3/t21-,22+,34?. The number of phenolic OH excluding ortho intramolecular Hbond substituents is 1. The van der Waals surface area contributed by atoms with Gasteiger partial charge in [-0.2, -0.15) is 14.3 Å². The zero-order valence-corrected chi connectivity index (χ0v) is 27.2. The highest BCUT2D eigenvalue weighted by Gasteiger charge is 2.47. The Bertz CT molecular complexity index is 2110. The minimum absolute atomic E-state index is 0.0340. The number of nitrogens with one attached hydrogen (secondary N) is 1. The van der Waals surface area contributed by atoms with Gasteiger partial charge in [0.15, 0.2) is 5.82 Å². The molecule has 3 atom stereocenters. The number of rotatable bonds is 6. The molecule has 2 bridgehead atoms. The van der Waals surface area contributed by atoms with Crippen molar-refractivity contribution < 1.29 is 27.0 Å². The third-order valence-electron chi connectivity index (χ3n) is 10.4. The number of hydrogen-bond acceptors (Lipinski definition) is 10. The quantitative estimate of drug-likeness (QED) is 0.295. The van der Waals surface area contributed by atoms with Crippen LogP contribution in [0.25, 0.3) is 32.9 Å². The zero-order chi connectivity index (χ0) is 33.4. The van der Waals surface area contributed by atoms with E-state index in [1.54, 1.807) is 0 Å². The van der Waals surface area contributed by atoms with Gasteiger partial charge in [0.05, 0.1) is 22.7 Å². The van der Waals surface area contributed by atoms with E-state index in [1.165, 1.54) is 41.0 Å². The van der Waals surface area contributed by atoms with E-state index in [4.69, 9.17) is 16.1 Å². The van der Waals surface area contributed by atoms with Crippen molar-refractivity contribution in [1.82, 2.24) is 29.5 Å². The normalized spacial score (nSPS) is 24.7. The number of terminal acetylenes is 1. The number of halogens is 2. The zero-order valence-electron chi connectivity index (χ0n) is 26.4. The Labute approximate surface area is 277 Å². The fourth-order valence-corrected chi connectivity index (χ4v) is 8.98. The van der Waals surface area contributed by atoms with Gasteiger partial charge in [-0.3, -0.25) is 9.88 Å². The van der Waals surface area contributed by atoms with Crippen LogP contribution in [0.5, 0.6) is 11.8 Å². The highest BCUT2D eigenvalue weighted by atomic mass is 32.2. The fraction of sp³-hybridized carbons (Fsp3) is 0.441. The maximum atomic E-state index is 16.9. The third-order valence-corrected chi connectivity index (χ3v) is 11.6. The van der Waals surface area contributed by atoms with E-state index in [1.807, 2.05) is 0 Å². The van der Waals surface area contributed by atoms with Gasteiger partial charge in [0, 0.05) is 62.0 Å². The Hall–Kier alpha value is -4.16. The molecule has 2 aromatic carbocycles.